The van der Waals surface area contributed by atoms with E-state index >= 15 is 0 Å². The molecule has 0 saturated carbocycles. The van der Waals surface area contributed by atoms with Gasteiger partial charge in [0.15, 0.2) is 0 Å². The van der Waals surface area contributed by atoms with Gasteiger partial charge in [0.25, 0.3) is 6.08 Å². The van der Waals surface area contributed by atoms with Crippen LogP contribution in [0.1, 0.15) is 31.7 Å². The van der Waals surface area contributed by atoms with E-state index in [9.17, 15) is 13.2 Å². The average molecular weight is 240 g/mol. The molecule has 0 amide bonds. The molecule has 0 radical (unpaired) electrons. The lowest BCUT2D eigenvalue weighted by molar-refractivity contribution is 0.426. The fraction of sp³-hybridized carbons (Fsp3) is 0.286. The summed E-state index contributed by atoms with van der Waals surface area (Å²) in [6.45, 7) is 2.04. The quantitative estimate of drug-likeness (QED) is 0.491. The van der Waals surface area contributed by atoms with Crippen molar-refractivity contribution >= 4 is 5.57 Å². The first-order valence-corrected chi connectivity index (χ1v) is 5.63. The Hall–Kier alpha value is -1.51. The van der Waals surface area contributed by atoms with Crippen LogP contribution in [0.15, 0.2) is 42.5 Å². The van der Waals surface area contributed by atoms with E-state index in [0.717, 1.165) is 19.3 Å². The van der Waals surface area contributed by atoms with Crippen LogP contribution in [-0.2, 0) is 0 Å². The third-order valence-electron chi connectivity index (χ3n) is 2.37. The Morgan fingerprint density at radius 3 is 2.35 bits per heavy atom. The van der Waals surface area contributed by atoms with Crippen molar-refractivity contribution in [2.45, 2.75) is 26.2 Å². The highest BCUT2D eigenvalue weighted by molar-refractivity contribution is 5.74. The maximum absolute atomic E-state index is 12.7. The number of hydrogen-bond acceptors (Lipinski definition) is 0. The van der Waals surface area contributed by atoms with Crippen molar-refractivity contribution in [1.82, 2.24) is 0 Å². The minimum atomic E-state index is -1.75. The number of rotatable bonds is 5. The topological polar surface area (TPSA) is 0 Å². The van der Waals surface area contributed by atoms with E-state index in [2.05, 4.69) is 0 Å². The van der Waals surface area contributed by atoms with E-state index in [-0.39, 0.29) is 5.57 Å². The van der Waals surface area contributed by atoms with E-state index < -0.39 is 11.9 Å². The van der Waals surface area contributed by atoms with Crippen LogP contribution in [0.25, 0.3) is 5.57 Å². The second-order valence-corrected chi connectivity index (χ2v) is 3.73. The van der Waals surface area contributed by atoms with Gasteiger partial charge in [-0.15, -0.1) is 0 Å². The molecule has 0 aliphatic heterocycles. The molecule has 0 saturated heterocycles. The summed E-state index contributed by atoms with van der Waals surface area (Å²) < 4.78 is 38.1. The lowest BCUT2D eigenvalue weighted by Crippen LogP contribution is -1.84. The Morgan fingerprint density at radius 1 is 1.18 bits per heavy atom. The number of hydrogen-bond donors (Lipinski definition) is 0. The molecule has 1 rings (SSSR count). The summed E-state index contributed by atoms with van der Waals surface area (Å²) in [5.41, 5.74) is 0.195. The van der Waals surface area contributed by atoms with E-state index in [4.69, 9.17) is 0 Å². The molecule has 0 spiro atoms. The van der Waals surface area contributed by atoms with Gasteiger partial charge in [-0.3, -0.25) is 0 Å². The second kappa shape index (κ2) is 6.94. The summed E-state index contributed by atoms with van der Waals surface area (Å²) in [6, 6.07) is 5.07. The van der Waals surface area contributed by atoms with E-state index in [1.807, 2.05) is 6.92 Å². The molecular formula is C14H15F3. The summed E-state index contributed by atoms with van der Waals surface area (Å²) in [5.74, 6) is -0.428. The van der Waals surface area contributed by atoms with Gasteiger partial charge in [-0.05, 0) is 24.1 Å². The van der Waals surface area contributed by atoms with Crippen molar-refractivity contribution < 1.29 is 13.2 Å². The molecule has 0 heterocycles. The van der Waals surface area contributed by atoms with E-state index in [1.54, 1.807) is 6.08 Å². The zero-order valence-electron chi connectivity index (χ0n) is 9.72. The van der Waals surface area contributed by atoms with Crippen LogP contribution < -0.4 is 0 Å². The minimum absolute atomic E-state index is 0.138. The predicted octanol–water partition coefficient (Wildman–Crippen LogP) is 5.18. The van der Waals surface area contributed by atoms with Gasteiger partial charge in [0.05, 0.1) is 0 Å². The largest absolute Gasteiger partial charge is 0.278 e. The summed E-state index contributed by atoms with van der Waals surface area (Å²) in [7, 11) is 0. The van der Waals surface area contributed by atoms with Crippen LogP contribution in [-0.4, -0.2) is 0 Å². The number of halogens is 3. The SMILES string of the molecule is CCCC/C=C/C(=C(F)F)c1ccc(F)cc1. The van der Waals surface area contributed by atoms with Gasteiger partial charge in [-0.1, -0.05) is 44.1 Å². The molecule has 1 aromatic carbocycles. The highest BCUT2D eigenvalue weighted by Crippen LogP contribution is 2.22. The van der Waals surface area contributed by atoms with Crippen LogP contribution in [0.2, 0.25) is 0 Å². The number of benzene rings is 1. The first-order chi connectivity index (χ1) is 8.15. The smallest absolute Gasteiger partial charge is 0.207 e. The number of allylic oxidation sites excluding steroid dienone is 3. The Bertz CT molecular complexity index is 398. The van der Waals surface area contributed by atoms with Gasteiger partial charge in [-0.25, -0.2) is 4.39 Å². The summed E-state index contributed by atoms with van der Waals surface area (Å²) in [5, 5.41) is 0. The summed E-state index contributed by atoms with van der Waals surface area (Å²) in [4.78, 5) is 0. The van der Waals surface area contributed by atoms with Gasteiger partial charge in [0.2, 0.25) is 0 Å². The van der Waals surface area contributed by atoms with Crippen molar-refractivity contribution in [3.63, 3.8) is 0 Å². The lowest BCUT2D eigenvalue weighted by atomic mass is 10.1. The van der Waals surface area contributed by atoms with Crippen LogP contribution in [0, 0.1) is 5.82 Å². The zero-order valence-corrected chi connectivity index (χ0v) is 9.72. The normalized spacial score (nSPS) is 10.8. The Labute approximate surface area is 99.5 Å². The van der Waals surface area contributed by atoms with Crippen LogP contribution in [0.4, 0.5) is 13.2 Å². The first kappa shape index (κ1) is 13.6. The van der Waals surface area contributed by atoms with Crippen molar-refractivity contribution in [2.75, 3.05) is 0 Å². The van der Waals surface area contributed by atoms with E-state index in [1.165, 1.54) is 30.3 Å². The standard InChI is InChI=1S/C14H15F3/c1-2-3-4-5-6-13(14(16)17)11-7-9-12(15)10-8-11/h5-10H,2-4H2,1H3/b6-5+. The molecule has 0 aliphatic rings. The van der Waals surface area contributed by atoms with Crippen LogP contribution in [0.3, 0.4) is 0 Å². The Kier molecular flexibility index (Phi) is 5.53. The molecule has 1 aromatic rings. The summed E-state index contributed by atoms with van der Waals surface area (Å²) >= 11 is 0. The van der Waals surface area contributed by atoms with Crippen molar-refractivity contribution in [3.8, 4) is 0 Å². The zero-order chi connectivity index (χ0) is 12.7. The highest BCUT2D eigenvalue weighted by Gasteiger charge is 2.05. The van der Waals surface area contributed by atoms with Crippen molar-refractivity contribution in [2.24, 2.45) is 0 Å². The maximum Gasteiger partial charge on any atom is 0.278 e. The molecule has 0 atom stereocenters. The molecule has 17 heavy (non-hydrogen) atoms. The van der Waals surface area contributed by atoms with Crippen LogP contribution >= 0.6 is 0 Å². The second-order valence-electron chi connectivity index (χ2n) is 3.73. The molecule has 0 bridgehead atoms. The monoisotopic (exact) mass is 240 g/mol. The summed E-state index contributed by atoms with van der Waals surface area (Å²) in [6.07, 6.45) is 4.15. The fourth-order valence-corrected chi connectivity index (χ4v) is 1.42. The molecule has 0 aromatic heterocycles. The fourth-order valence-electron chi connectivity index (χ4n) is 1.42. The van der Waals surface area contributed by atoms with Gasteiger partial charge < -0.3 is 0 Å². The third-order valence-corrected chi connectivity index (χ3v) is 2.37. The molecule has 0 unspecified atom stereocenters. The molecule has 0 aliphatic carbocycles. The van der Waals surface area contributed by atoms with Crippen LogP contribution in [0.5, 0.6) is 0 Å². The van der Waals surface area contributed by atoms with Gasteiger partial charge in [0.1, 0.15) is 5.82 Å². The predicted molar refractivity (Wildman–Crippen MR) is 64.2 cm³/mol. The van der Waals surface area contributed by atoms with Gasteiger partial charge in [-0.2, -0.15) is 8.78 Å². The highest BCUT2D eigenvalue weighted by atomic mass is 19.3. The average Bonchev–Trinajstić information content (AvgIpc) is 2.30. The van der Waals surface area contributed by atoms with Gasteiger partial charge >= 0.3 is 0 Å². The maximum atomic E-state index is 12.7. The molecule has 92 valence electrons. The molecule has 3 heteroatoms. The van der Waals surface area contributed by atoms with E-state index in [0.29, 0.717) is 5.56 Å². The molecule has 0 fully saturated rings. The number of unbranched alkanes of at least 4 members (excludes halogenated alkanes) is 2. The van der Waals surface area contributed by atoms with Crippen molar-refractivity contribution in [1.29, 1.82) is 0 Å². The third kappa shape index (κ3) is 4.47. The molecule has 0 nitrogen and oxygen atoms in total. The minimum Gasteiger partial charge on any atom is -0.207 e. The molecule has 0 N–H and O–H groups in total. The lowest BCUT2D eigenvalue weighted by Gasteiger charge is -2.01. The first-order valence-electron chi connectivity index (χ1n) is 5.63. The Balaban J connectivity index is 2.84. The van der Waals surface area contributed by atoms with Gasteiger partial charge in [0, 0.05) is 5.57 Å². The molecular weight excluding hydrogens is 225 g/mol. The Morgan fingerprint density at radius 2 is 1.82 bits per heavy atom. The van der Waals surface area contributed by atoms with Crippen molar-refractivity contribution in [3.05, 3.63) is 53.9 Å².